The topological polar surface area (TPSA) is 436 Å². The first-order valence-corrected chi connectivity index (χ1v) is 27.3. The van der Waals surface area contributed by atoms with E-state index in [2.05, 4.69) is 60.1 Å². The molecule has 11 atom stereocenters. The monoisotopic (exact) mass is 1100 g/mol. The van der Waals surface area contributed by atoms with Gasteiger partial charge in [0.05, 0.1) is 6.10 Å². The van der Waals surface area contributed by atoms with Crippen LogP contribution in [0.3, 0.4) is 0 Å². The molecule has 1 aromatic rings. The Bertz CT molecular complexity index is 2100. The Morgan fingerprint density at radius 1 is 0.667 bits per heavy atom. The Morgan fingerprint density at radius 3 is 1.74 bits per heavy atom. The third-order valence-corrected chi connectivity index (χ3v) is 13.3. The quantitative estimate of drug-likeness (QED) is 0.0399. The lowest BCUT2D eigenvalue weighted by molar-refractivity contribution is -0.148. The molecule has 1 aliphatic rings. The molecule has 440 valence electrons. The van der Waals surface area contributed by atoms with Crippen molar-refractivity contribution in [1.82, 2.24) is 53.2 Å². The normalized spacial score (nSPS) is 24.0. The molecule has 1 heterocycles. The summed E-state index contributed by atoms with van der Waals surface area (Å²) in [6, 6.07) is -2.94. The van der Waals surface area contributed by atoms with Gasteiger partial charge in [0.1, 0.15) is 48.3 Å². The van der Waals surface area contributed by atoms with Crippen molar-refractivity contribution < 1.29 is 58.2 Å². The summed E-state index contributed by atoms with van der Waals surface area (Å²) in [4.78, 5) is 139. The van der Waals surface area contributed by atoms with Crippen LogP contribution >= 0.6 is 0 Å². The minimum Gasteiger partial charge on any atom is -0.391 e. The standard InChI is InChI=1S/C52H90N14O12/c1-6-8-9-10-11-12-16-19-40(68)64-42(32(4)67)50(76)62-36(22-27-55)44(70)60-38-24-29-57-51(77)52(5,78)66-48(74)37(23-28-56)59-43(69)35(21-26-54)61-49(75)41(31(3)7-2)65-47(73)39(30-33-17-14-13-15-18-33)63-45(71)34(20-25-53)58-46(38)72/h13-15,17-18,31-32,34-39,41-42,67,78H,6-12,16,19-30,53-56H2,1-5H3,(H,57,77)(H,58,72)(H,59,69)(H,60,70)(H,61,75)(H,62,76)(H,63,71)(H,64,68)(H,65,73)(H,66,74)/t31-,32+,34-,35-,36-,37-,38-,39+,41-,42-,52-/m0/s1. The minimum atomic E-state index is -2.67. The maximum Gasteiger partial charge on any atom is 0.272 e. The maximum atomic E-state index is 14.4. The Morgan fingerprint density at radius 2 is 1.19 bits per heavy atom. The molecule has 78 heavy (non-hydrogen) atoms. The maximum absolute atomic E-state index is 14.4. The average molecular weight is 1100 g/mol. The molecule has 0 saturated carbocycles. The number of hydrogen-bond donors (Lipinski definition) is 16. The summed E-state index contributed by atoms with van der Waals surface area (Å²) in [6.07, 6.45) is 4.42. The summed E-state index contributed by atoms with van der Waals surface area (Å²) in [5.74, 6) is -9.58. The number of hydrogen-bond acceptors (Lipinski definition) is 16. The van der Waals surface area contributed by atoms with Gasteiger partial charge in [-0.3, -0.25) is 47.9 Å². The first kappa shape index (κ1) is 67.8. The molecule has 26 nitrogen and oxygen atoms in total. The van der Waals surface area contributed by atoms with Crippen LogP contribution in [0.2, 0.25) is 0 Å². The van der Waals surface area contributed by atoms with Crippen LogP contribution in [-0.2, 0) is 54.4 Å². The summed E-state index contributed by atoms with van der Waals surface area (Å²) in [5, 5.41) is 47.0. The molecule has 0 spiro atoms. The van der Waals surface area contributed by atoms with E-state index in [1.54, 1.807) is 44.2 Å². The van der Waals surface area contributed by atoms with Crippen LogP contribution in [0, 0.1) is 5.92 Å². The van der Waals surface area contributed by atoms with Gasteiger partial charge in [-0.05, 0) is 90.0 Å². The summed E-state index contributed by atoms with van der Waals surface area (Å²) in [6.45, 7) is 6.71. The summed E-state index contributed by atoms with van der Waals surface area (Å²) in [7, 11) is 0. The molecular formula is C52H90N14O12. The molecule has 20 N–H and O–H groups in total. The van der Waals surface area contributed by atoms with Crippen molar-refractivity contribution in [3.8, 4) is 0 Å². The fourth-order valence-electron chi connectivity index (χ4n) is 8.42. The highest BCUT2D eigenvalue weighted by atomic mass is 16.3. The van der Waals surface area contributed by atoms with Crippen LogP contribution < -0.4 is 76.1 Å². The van der Waals surface area contributed by atoms with Crippen LogP contribution in [0.1, 0.15) is 130 Å². The first-order chi connectivity index (χ1) is 37.1. The Kier molecular flexibility index (Phi) is 31.3. The Labute approximate surface area is 457 Å². The lowest BCUT2D eigenvalue weighted by Crippen LogP contribution is -2.63. The number of carbonyl (C=O) groups is 10. The number of nitrogens with one attached hydrogen (secondary N) is 10. The van der Waals surface area contributed by atoms with Gasteiger partial charge in [-0.1, -0.05) is 96.0 Å². The third-order valence-electron chi connectivity index (χ3n) is 13.3. The molecule has 1 aliphatic heterocycles. The van der Waals surface area contributed by atoms with E-state index in [-0.39, 0.29) is 64.7 Å². The van der Waals surface area contributed by atoms with Gasteiger partial charge in [0.15, 0.2) is 0 Å². The highest BCUT2D eigenvalue weighted by Crippen LogP contribution is 2.14. The predicted molar refractivity (Wildman–Crippen MR) is 290 cm³/mol. The zero-order chi connectivity index (χ0) is 58.4. The summed E-state index contributed by atoms with van der Waals surface area (Å²) in [5.41, 5.74) is 21.4. The van der Waals surface area contributed by atoms with Gasteiger partial charge in [-0.2, -0.15) is 0 Å². The highest BCUT2D eigenvalue weighted by molar-refractivity contribution is 5.99. The van der Waals surface area contributed by atoms with Crippen LogP contribution in [0.4, 0.5) is 0 Å². The van der Waals surface area contributed by atoms with E-state index < -0.39 is 138 Å². The number of aliphatic hydroxyl groups is 2. The second-order valence-corrected chi connectivity index (χ2v) is 20.0. The van der Waals surface area contributed by atoms with Crippen molar-refractivity contribution in [2.75, 3.05) is 32.7 Å². The molecule has 0 aliphatic carbocycles. The second kappa shape index (κ2) is 36.0. The molecule has 0 aromatic heterocycles. The number of unbranched alkanes of at least 4 members (excludes halogenated alkanes) is 6. The molecule has 1 saturated heterocycles. The van der Waals surface area contributed by atoms with Crippen molar-refractivity contribution >= 4 is 59.1 Å². The lowest BCUT2D eigenvalue weighted by Gasteiger charge is -2.30. The molecule has 26 heteroatoms. The Balaban J connectivity index is 2.64. The van der Waals surface area contributed by atoms with Crippen LogP contribution in [-0.4, -0.2) is 162 Å². The summed E-state index contributed by atoms with van der Waals surface area (Å²) >= 11 is 0. The largest absolute Gasteiger partial charge is 0.391 e. The van der Waals surface area contributed by atoms with E-state index in [0.29, 0.717) is 18.4 Å². The summed E-state index contributed by atoms with van der Waals surface area (Å²) < 4.78 is 0. The number of benzene rings is 1. The molecule has 1 aromatic carbocycles. The van der Waals surface area contributed by atoms with Crippen molar-refractivity contribution in [1.29, 1.82) is 0 Å². The van der Waals surface area contributed by atoms with Gasteiger partial charge in [0.25, 0.3) is 5.91 Å². The Hall–Kier alpha value is -6.32. The van der Waals surface area contributed by atoms with E-state index >= 15 is 0 Å². The van der Waals surface area contributed by atoms with E-state index in [1.165, 1.54) is 6.92 Å². The number of rotatable bonds is 26. The van der Waals surface area contributed by atoms with Crippen LogP contribution in [0.15, 0.2) is 30.3 Å². The number of carbonyl (C=O) groups excluding carboxylic acids is 10. The van der Waals surface area contributed by atoms with Crippen molar-refractivity contribution in [3.05, 3.63) is 35.9 Å². The number of aliphatic hydroxyl groups excluding tert-OH is 1. The van der Waals surface area contributed by atoms with Gasteiger partial charge < -0.3 is 86.3 Å². The van der Waals surface area contributed by atoms with Crippen molar-refractivity contribution in [3.63, 3.8) is 0 Å². The molecule has 10 amide bonds. The average Bonchev–Trinajstić information content (AvgIpc) is 3.39. The van der Waals surface area contributed by atoms with E-state index in [4.69, 9.17) is 22.9 Å². The van der Waals surface area contributed by atoms with Gasteiger partial charge in [-0.15, -0.1) is 0 Å². The van der Waals surface area contributed by atoms with Gasteiger partial charge in [0, 0.05) is 19.4 Å². The van der Waals surface area contributed by atoms with E-state index in [1.807, 2.05) is 0 Å². The van der Waals surface area contributed by atoms with Gasteiger partial charge >= 0.3 is 0 Å². The van der Waals surface area contributed by atoms with Crippen molar-refractivity contribution in [2.24, 2.45) is 28.9 Å². The highest BCUT2D eigenvalue weighted by Gasteiger charge is 2.39. The van der Waals surface area contributed by atoms with E-state index in [9.17, 15) is 58.2 Å². The molecule has 0 bridgehead atoms. The molecule has 1 fully saturated rings. The zero-order valence-corrected chi connectivity index (χ0v) is 46.1. The molecule has 0 unspecified atom stereocenters. The van der Waals surface area contributed by atoms with Crippen LogP contribution in [0.25, 0.3) is 0 Å². The first-order valence-electron chi connectivity index (χ1n) is 27.3. The molecular weight excluding hydrogens is 1010 g/mol. The second-order valence-electron chi connectivity index (χ2n) is 20.0. The lowest BCUT2D eigenvalue weighted by atomic mass is 9.96. The van der Waals surface area contributed by atoms with Gasteiger partial charge in [-0.25, -0.2) is 0 Å². The molecule has 0 radical (unpaired) electrons. The fraction of sp³-hybridized carbons (Fsp3) is 0.692. The smallest absolute Gasteiger partial charge is 0.272 e. The van der Waals surface area contributed by atoms with Crippen molar-refractivity contribution in [2.45, 2.75) is 191 Å². The minimum absolute atomic E-state index is 0.0939. The third kappa shape index (κ3) is 23.7. The zero-order valence-electron chi connectivity index (χ0n) is 46.1. The van der Waals surface area contributed by atoms with Gasteiger partial charge in [0.2, 0.25) is 58.9 Å². The number of amides is 10. The fourth-order valence-corrected chi connectivity index (χ4v) is 8.42. The number of nitrogens with two attached hydrogens (primary N) is 4. The van der Waals surface area contributed by atoms with E-state index in [0.717, 1.165) is 45.4 Å². The molecule has 2 rings (SSSR count). The predicted octanol–water partition coefficient (Wildman–Crippen LogP) is -3.59. The van der Waals surface area contributed by atoms with Crippen LogP contribution in [0.5, 0.6) is 0 Å². The SMILES string of the molecule is CCCCCCCCCC(=O)N[C@H](C(=O)N[C@@H](CCN)C(=O)N[C@H]1CCNC(=O)[C@](C)(O)NC(=O)[C@H](CCN)NC(=O)[C@H](CCN)NC(=O)[C@H]([C@@H](C)CC)NC(=O)[C@@H](Cc2ccccc2)NC(=O)[C@H](CCN)NC1=O)[C@@H](C)O.